The van der Waals surface area contributed by atoms with Crippen molar-refractivity contribution in [1.82, 2.24) is 5.32 Å². The maximum Gasteiger partial charge on any atom is 0.387 e. The number of hydrogen-bond acceptors (Lipinski definition) is 4. The molecule has 1 unspecified atom stereocenters. The lowest BCUT2D eigenvalue weighted by molar-refractivity contribution is -0.0505. The fourth-order valence-electron chi connectivity index (χ4n) is 2.43. The first-order chi connectivity index (χ1) is 11.6. The van der Waals surface area contributed by atoms with Crippen LogP contribution in [0.4, 0.5) is 8.78 Å². The lowest BCUT2D eigenvalue weighted by atomic mass is 10.2. The summed E-state index contributed by atoms with van der Waals surface area (Å²) in [5.74, 6) is 1.60. The maximum atomic E-state index is 12.5. The molecular formula is C17H16BrF2NO3. The highest BCUT2D eigenvalue weighted by atomic mass is 79.9. The second-order valence-corrected chi connectivity index (χ2v) is 6.17. The Morgan fingerprint density at radius 3 is 2.79 bits per heavy atom. The average Bonchev–Trinajstić information content (AvgIpc) is 2.57. The Kier molecular flexibility index (Phi) is 5.52. The average molecular weight is 400 g/mol. The monoisotopic (exact) mass is 399 g/mol. The molecule has 0 saturated carbocycles. The van der Waals surface area contributed by atoms with Crippen LogP contribution in [0.1, 0.15) is 5.56 Å². The van der Waals surface area contributed by atoms with Gasteiger partial charge in [0, 0.05) is 23.1 Å². The third-order valence-electron chi connectivity index (χ3n) is 3.49. The lowest BCUT2D eigenvalue weighted by Crippen LogP contribution is -2.38. The van der Waals surface area contributed by atoms with Gasteiger partial charge in [-0.15, -0.1) is 0 Å². The summed E-state index contributed by atoms with van der Waals surface area (Å²) < 4.78 is 41.7. The Hall–Kier alpha value is -1.86. The van der Waals surface area contributed by atoms with E-state index in [1.54, 1.807) is 12.1 Å². The number of hydrogen-bond donors (Lipinski definition) is 1. The lowest BCUT2D eigenvalue weighted by Gasteiger charge is -2.26. The van der Waals surface area contributed by atoms with Crippen molar-refractivity contribution in [2.24, 2.45) is 0 Å². The van der Waals surface area contributed by atoms with Crippen molar-refractivity contribution in [3.63, 3.8) is 0 Å². The topological polar surface area (TPSA) is 39.7 Å². The molecule has 128 valence electrons. The number of halogens is 3. The van der Waals surface area contributed by atoms with E-state index in [2.05, 4.69) is 26.0 Å². The van der Waals surface area contributed by atoms with Gasteiger partial charge >= 0.3 is 6.61 Å². The van der Waals surface area contributed by atoms with Crippen LogP contribution >= 0.6 is 15.9 Å². The molecule has 2 aromatic carbocycles. The van der Waals surface area contributed by atoms with Gasteiger partial charge in [-0.1, -0.05) is 28.1 Å². The van der Waals surface area contributed by atoms with E-state index < -0.39 is 6.61 Å². The van der Waals surface area contributed by atoms with E-state index in [1.807, 2.05) is 24.3 Å². The molecule has 0 radical (unpaired) electrons. The summed E-state index contributed by atoms with van der Waals surface area (Å²) in [5.41, 5.74) is 0.641. The zero-order chi connectivity index (χ0) is 16.9. The fourth-order valence-corrected chi connectivity index (χ4v) is 2.84. The molecule has 0 aliphatic carbocycles. The van der Waals surface area contributed by atoms with Gasteiger partial charge < -0.3 is 19.5 Å². The molecule has 7 heteroatoms. The van der Waals surface area contributed by atoms with Crippen molar-refractivity contribution in [1.29, 1.82) is 0 Å². The molecule has 4 nitrogen and oxygen atoms in total. The van der Waals surface area contributed by atoms with Gasteiger partial charge in [0.15, 0.2) is 11.5 Å². The van der Waals surface area contributed by atoms with E-state index in [-0.39, 0.29) is 11.9 Å². The SMILES string of the molecule is FC(F)Oc1ccc(Br)cc1CNCC1COc2ccccc2O1. The summed E-state index contributed by atoms with van der Waals surface area (Å²) in [4.78, 5) is 0. The van der Waals surface area contributed by atoms with Crippen LogP contribution in [0, 0.1) is 0 Å². The molecule has 1 aliphatic rings. The first-order valence-electron chi connectivity index (χ1n) is 7.44. The molecule has 3 rings (SSSR count). The van der Waals surface area contributed by atoms with Gasteiger partial charge in [0.2, 0.25) is 0 Å². The summed E-state index contributed by atoms with van der Waals surface area (Å²) in [6.07, 6.45) is -0.147. The zero-order valence-corrected chi connectivity index (χ0v) is 14.3. The number of alkyl halides is 2. The molecule has 1 aliphatic heterocycles. The number of rotatable bonds is 6. The highest BCUT2D eigenvalue weighted by Gasteiger charge is 2.20. The Balaban J connectivity index is 1.56. The highest BCUT2D eigenvalue weighted by molar-refractivity contribution is 9.10. The van der Waals surface area contributed by atoms with E-state index in [0.29, 0.717) is 31.0 Å². The normalized spacial score (nSPS) is 16.2. The minimum atomic E-state index is -2.85. The van der Waals surface area contributed by atoms with Crippen molar-refractivity contribution in [3.8, 4) is 17.2 Å². The van der Waals surface area contributed by atoms with Crippen LogP contribution in [0.2, 0.25) is 0 Å². The first kappa shape index (κ1) is 17.0. The number of ether oxygens (including phenoxy) is 3. The first-order valence-corrected chi connectivity index (χ1v) is 8.23. The molecule has 1 N–H and O–H groups in total. The van der Waals surface area contributed by atoms with Crippen molar-refractivity contribution in [2.75, 3.05) is 13.2 Å². The van der Waals surface area contributed by atoms with E-state index in [1.165, 1.54) is 6.07 Å². The predicted octanol–water partition coefficient (Wildman–Crippen LogP) is 3.98. The largest absolute Gasteiger partial charge is 0.486 e. The Bertz CT molecular complexity index is 699. The Morgan fingerprint density at radius 1 is 1.21 bits per heavy atom. The molecule has 2 aromatic rings. The van der Waals surface area contributed by atoms with Gasteiger partial charge in [-0.2, -0.15) is 8.78 Å². The van der Waals surface area contributed by atoms with Crippen LogP contribution in [-0.4, -0.2) is 25.9 Å². The molecule has 0 saturated heterocycles. The number of para-hydroxylation sites is 2. The van der Waals surface area contributed by atoms with Crippen LogP contribution in [0.3, 0.4) is 0 Å². The summed E-state index contributed by atoms with van der Waals surface area (Å²) in [5, 5.41) is 3.19. The van der Waals surface area contributed by atoms with Gasteiger partial charge in [-0.3, -0.25) is 0 Å². The van der Waals surface area contributed by atoms with Crippen LogP contribution in [0.5, 0.6) is 17.2 Å². The highest BCUT2D eigenvalue weighted by Crippen LogP contribution is 2.30. The third kappa shape index (κ3) is 4.36. The Morgan fingerprint density at radius 2 is 2.00 bits per heavy atom. The van der Waals surface area contributed by atoms with Crippen LogP contribution in [0.15, 0.2) is 46.9 Å². The number of nitrogens with one attached hydrogen (secondary N) is 1. The fraction of sp³-hybridized carbons (Fsp3) is 0.294. The molecule has 0 fully saturated rings. The molecule has 0 amide bonds. The van der Waals surface area contributed by atoms with E-state index in [4.69, 9.17) is 9.47 Å². The number of fused-ring (bicyclic) bond motifs is 1. The summed E-state index contributed by atoms with van der Waals surface area (Å²) in [7, 11) is 0. The maximum absolute atomic E-state index is 12.5. The minimum Gasteiger partial charge on any atom is -0.486 e. The van der Waals surface area contributed by atoms with Crippen molar-refractivity contribution < 1.29 is 23.0 Å². The third-order valence-corrected chi connectivity index (χ3v) is 3.99. The second kappa shape index (κ2) is 7.81. The van der Waals surface area contributed by atoms with Gasteiger partial charge in [0.25, 0.3) is 0 Å². The standard InChI is InChI=1S/C17H16BrF2NO3/c18-12-5-6-14(24-17(19)20)11(7-12)8-21-9-13-10-22-15-3-1-2-4-16(15)23-13/h1-7,13,17,21H,8-10H2. The molecule has 0 aromatic heterocycles. The second-order valence-electron chi connectivity index (χ2n) is 5.26. The smallest absolute Gasteiger partial charge is 0.387 e. The summed E-state index contributed by atoms with van der Waals surface area (Å²) in [6.45, 7) is -1.52. The van der Waals surface area contributed by atoms with Gasteiger partial charge in [0.05, 0.1) is 0 Å². The summed E-state index contributed by atoms with van der Waals surface area (Å²) in [6, 6.07) is 12.4. The minimum absolute atomic E-state index is 0.147. The van der Waals surface area contributed by atoms with Crippen LogP contribution in [0.25, 0.3) is 0 Å². The molecule has 0 spiro atoms. The molecule has 0 bridgehead atoms. The summed E-state index contributed by atoms with van der Waals surface area (Å²) >= 11 is 3.33. The zero-order valence-electron chi connectivity index (χ0n) is 12.7. The predicted molar refractivity (Wildman–Crippen MR) is 88.8 cm³/mol. The van der Waals surface area contributed by atoms with Crippen molar-refractivity contribution in [3.05, 3.63) is 52.5 Å². The number of benzene rings is 2. The van der Waals surface area contributed by atoms with Crippen molar-refractivity contribution in [2.45, 2.75) is 19.3 Å². The molecule has 24 heavy (non-hydrogen) atoms. The Labute approximate surface area is 146 Å². The van der Waals surface area contributed by atoms with Gasteiger partial charge in [0.1, 0.15) is 18.5 Å². The quantitative estimate of drug-likeness (QED) is 0.797. The van der Waals surface area contributed by atoms with Gasteiger partial charge in [-0.25, -0.2) is 0 Å². The van der Waals surface area contributed by atoms with Crippen LogP contribution in [-0.2, 0) is 6.54 Å². The van der Waals surface area contributed by atoms with Gasteiger partial charge in [-0.05, 0) is 30.3 Å². The molecule has 1 heterocycles. The van der Waals surface area contributed by atoms with E-state index in [0.717, 1.165) is 10.2 Å². The van der Waals surface area contributed by atoms with E-state index >= 15 is 0 Å². The van der Waals surface area contributed by atoms with Crippen LogP contribution < -0.4 is 19.5 Å². The van der Waals surface area contributed by atoms with E-state index in [9.17, 15) is 8.78 Å². The molecule has 1 atom stereocenters. The van der Waals surface area contributed by atoms with Crippen molar-refractivity contribution >= 4 is 15.9 Å². The molecular weight excluding hydrogens is 384 g/mol.